The van der Waals surface area contributed by atoms with E-state index in [1.54, 1.807) is 0 Å². The van der Waals surface area contributed by atoms with Crippen molar-refractivity contribution in [3.63, 3.8) is 0 Å². The summed E-state index contributed by atoms with van der Waals surface area (Å²) < 4.78 is 0. The van der Waals surface area contributed by atoms with Crippen molar-refractivity contribution in [3.8, 4) is 0 Å². The lowest BCUT2D eigenvalue weighted by Crippen LogP contribution is -2.50. The van der Waals surface area contributed by atoms with Crippen LogP contribution in [0.4, 0.5) is 0 Å². The summed E-state index contributed by atoms with van der Waals surface area (Å²) in [4.78, 5) is 12.7. The summed E-state index contributed by atoms with van der Waals surface area (Å²) in [6, 6.07) is 0.423. The largest absolute Gasteiger partial charge is 0.353 e. The number of rotatable bonds is 5. The van der Waals surface area contributed by atoms with Gasteiger partial charge in [-0.15, -0.1) is 0 Å². The molecule has 1 aliphatic heterocycles. The Morgan fingerprint density at radius 3 is 2.50 bits per heavy atom. The van der Waals surface area contributed by atoms with Gasteiger partial charge in [-0.2, -0.15) is 0 Å². The second-order valence-electron chi connectivity index (χ2n) is 7.22. The lowest BCUT2D eigenvalue weighted by atomic mass is 9.75. The van der Waals surface area contributed by atoms with E-state index in [2.05, 4.69) is 31.4 Å². The van der Waals surface area contributed by atoms with Crippen LogP contribution >= 0.6 is 0 Å². The number of carbonyl (C=O) groups excluding carboxylic acids is 1. The van der Waals surface area contributed by atoms with E-state index in [0.717, 1.165) is 25.4 Å². The Bertz CT molecular complexity index is 313. The molecule has 0 radical (unpaired) electrons. The van der Waals surface area contributed by atoms with Gasteiger partial charge in [0.25, 0.3) is 0 Å². The van der Waals surface area contributed by atoms with Gasteiger partial charge in [-0.05, 0) is 50.5 Å². The Kier molecular flexibility index (Phi) is 5.48. The van der Waals surface area contributed by atoms with Crippen molar-refractivity contribution in [2.75, 3.05) is 13.1 Å². The molecule has 1 atom stereocenters. The molecule has 2 aliphatic rings. The minimum Gasteiger partial charge on any atom is -0.353 e. The van der Waals surface area contributed by atoms with Crippen molar-refractivity contribution >= 4 is 5.91 Å². The zero-order valence-electron chi connectivity index (χ0n) is 13.5. The molecule has 1 amide bonds. The molecule has 2 fully saturated rings. The van der Waals surface area contributed by atoms with Crippen LogP contribution in [0, 0.1) is 17.3 Å². The summed E-state index contributed by atoms with van der Waals surface area (Å²) in [6.07, 6.45) is 8.60. The average molecular weight is 280 g/mol. The van der Waals surface area contributed by atoms with Gasteiger partial charge in [0, 0.05) is 12.6 Å². The normalized spacial score (nSPS) is 34.4. The molecule has 3 heteroatoms. The summed E-state index contributed by atoms with van der Waals surface area (Å²) in [5.74, 6) is 1.62. The molecule has 2 N–H and O–H groups in total. The third kappa shape index (κ3) is 3.36. The SMILES string of the molecule is CCCC1CCC(NC(=O)C2(C(C)C)CCNC2)CC1. The fraction of sp³-hybridized carbons (Fsp3) is 0.941. The number of amides is 1. The second-order valence-corrected chi connectivity index (χ2v) is 7.22. The molecule has 116 valence electrons. The zero-order valence-corrected chi connectivity index (χ0v) is 13.5. The van der Waals surface area contributed by atoms with E-state index in [0.29, 0.717) is 17.9 Å². The van der Waals surface area contributed by atoms with Crippen LogP contribution in [-0.4, -0.2) is 25.0 Å². The minimum absolute atomic E-state index is 0.166. The third-order valence-corrected chi connectivity index (χ3v) is 5.62. The highest BCUT2D eigenvalue weighted by molar-refractivity contribution is 5.83. The highest BCUT2D eigenvalue weighted by Crippen LogP contribution is 2.35. The molecule has 0 aromatic heterocycles. The van der Waals surface area contributed by atoms with E-state index in [-0.39, 0.29) is 5.41 Å². The fourth-order valence-corrected chi connectivity index (χ4v) is 3.99. The number of hydrogen-bond acceptors (Lipinski definition) is 2. The van der Waals surface area contributed by atoms with Crippen LogP contribution in [0.5, 0.6) is 0 Å². The van der Waals surface area contributed by atoms with E-state index < -0.39 is 0 Å². The molecular weight excluding hydrogens is 248 g/mol. The van der Waals surface area contributed by atoms with Crippen molar-refractivity contribution in [2.45, 2.75) is 71.8 Å². The first-order chi connectivity index (χ1) is 9.58. The molecule has 20 heavy (non-hydrogen) atoms. The van der Waals surface area contributed by atoms with Crippen molar-refractivity contribution in [3.05, 3.63) is 0 Å². The van der Waals surface area contributed by atoms with Crippen LogP contribution in [0.15, 0.2) is 0 Å². The molecule has 1 heterocycles. The standard InChI is InChI=1S/C17H32N2O/c1-4-5-14-6-8-15(9-7-14)19-16(20)17(13(2)3)10-11-18-12-17/h13-15,18H,4-12H2,1-3H3,(H,19,20). The van der Waals surface area contributed by atoms with Crippen molar-refractivity contribution < 1.29 is 4.79 Å². The van der Waals surface area contributed by atoms with E-state index in [4.69, 9.17) is 0 Å². The topological polar surface area (TPSA) is 41.1 Å². The van der Waals surface area contributed by atoms with Gasteiger partial charge < -0.3 is 10.6 Å². The summed E-state index contributed by atoms with van der Waals surface area (Å²) in [6.45, 7) is 8.47. The summed E-state index contributed by atoms with van der Waals surface area (Å²) >= 11 is 0. The molecule has 1 saturated heterocycles. The number of nitrogens with one attached hydrogen (secondary N) is 2. The third-order valence-electron chi connectivity index (χ3n) is 5.62. The molecule has 1 aliphatic carbocycles. The van der Waals surface area contributed by atoms with E-state index in [1.807, 2.05) is 0 Å². The first-order valence-electron chi connectivity index (χ1n) is 8.60. The Balaban J connectivity index is 1.85. The maximum absolute atomic E-state index is 12.7. The van der Waals surface area contributed by atoms with Crippen LogP contribution < -0.4 is 10.6 Å². The van der Waals surface area contributed by atoms with Crippen LogP contribution in [0.1, 0.15) is 65.7 Å². The Labute approximate surface area is 124 Å². The number of carbonyl (C=O) groups is 1. The molecule has 1 unspecified atom stereocenters. The van der Waals surface area contributed by atoms with Crippen LogP contribution in [-0.2, 0) is 4.79 Å². The maximum atomic E-state index is 12.7. The molecule has 0 aromatic rings. The highest BCUT2D eigenvalue weighted by atomic mass is 16.2. The molecule has 0 aromatic carbocycles. The van der Waals surface area contributed by atoms with Gasteiger partial charge in [0.05, 0.1) is 5.41 Å². The van der Waals surface area contributed by atoms with Gasteiger partial charge >= 0.3 is 0 Å². The first kappa shape index (κ1) is 15.8. The molecule has 1 saturated carbocycles. The highest BCUT2D eigenvalue weighted by Gasteiger charge is 2.44. The fourth-order valence-electron chi connectivity index (χ4n) is 3.99. The lowest BCUT2D eigenvalue weighted by molar-refractivity contribution is -0.133. The van der Waals surface area contributed by atoms with E-state index in [9.17, 15) is 4.79 Å². The smallest absolute Gasteiger partial charge is 0.228 e. The monoisotopic (exact) mass is 280 g/mol. The molecular formula is C17H32N2O. The van der Waals surface area contributed by atoms with Gasteiger partial charge in [-0.3, -0.25) is 4.79 Å². The number of hydrogen-bond donors (Lipinski definition) is 2. The quantitative estimate of drug-likeness (QED) is 0.812. The Hall–Kier alpha value is -0.570. The lowest BCUT2D eigenvalue weighted by Gasteiger charge is -2.35. The molecule has 3 nitrogen and oxygen atoms in total. The van der Waals surface area contributed by atoms with E-state index >= 15 is 0 Å². The Morgan fingerprint density at radius 2 is 2.00 bits per heavy atom. The van der Waals surface area contributed by atoms with Crippen molar-refractivity contribution in [1.29, 1.82) is 0 Å². The van der Waals surface area contributed by atoms with Gasteiger partial charge in [-0.1, -0.05) is 33.6 Å². The van der Waals surface area contributed by atoms with Crippen LogP contribution in [0.25, 0.3) is 0 Å². The molecule has 2 rings (SSSR count). The molecule has 0 bridgehead atoms. The summed E-state index contributed by atoms with van der Waals surface area (Å²) in [7, 11) is 0. The van der Waals surface area contributed by atoms with Crippen LogP contribution in [0.3, 0.4) is 0 Å². The van der Waals surface area contributed by atoms with Crippen LogP contribution in [0.2, 0.25) is 0 Å². The minimum atomic E-state index is -0.166. The first-order valence-corrected chi connectivity index (χ1v) is 8.60. The van der Waals surface area contributed by atoms with Gasteiger partial charge in [0.15, 0.2) is 0 Å². The predicted octanol–water partition coefficient (Wildman–Crippen LogP) is 3.10. The maximum Gasteiger partial charge on any atom is 0.228 e. The van der Waals surface area contributed by atoms with Gasteiger partial charge in [0.1, 0.15) is 0 Å². The summed E-state index contributed by atoms with van der Waals surface area (Å²) in [5.41, 5.74) is -0.166. The van der Waals surface area contributed by atoms with Crippen molar-refractivity contribution in [2.24, 2.45) is 17.3 Å². The molecule has 0 spiro atoms. The predicted molar refractivity (Wildman–Crippen MR) is 83.6 cm³/mol. The second kappa shape index (κ2) is 6.93. The van der Waals surface area contributed by atoms with E-state index in [1.165, 1.54) is 38.5 Å². The van der Waals surface area contributed by atoms with Gasteiger partial charge in [-0.25, -0.2) is 0 Å². The van der Waals surface area contributed by atoms with Crippen molar-refractivity contribution in [1.82, 2.24) is 10.6 Å². The van der Waals surface area contributed by atoms with Gasteiger partial charge in [0.2, 0.25) is 5.91 Å². The Morgan fingerprint density at radius 1 is 1.30 bits per heavy atom. The average Bonchev–Trinajstić information content (AvgIpc) is 2.92. The zero-order chi connectivity index (χ0) is 14.6. The summed E-state index contributed by atoms with van der Waals surface area (Å²) in [5, 5.41) is 6.74.